The maximum Gasteiger partial charge on any atom is 0.253 e. The van der Waals surface area contributed by atoms with Crippen LogP contribution in [0.3, 0.4) is 0 Å². The van der Waals surface area contributed by atoms with Crippen LogP contribution in [0.25, 0.3) is 0 Å². The number of morpholine rings is 1. The molecule has 0 bridgehead atoms. The zero-order valence-corrected chi connectivity index (χ0v) is 16.0. The Morgan fingerprint density at radius 2 is 1.88 bits per heavy atom. The first kappa shape index (κ1) is 19.1. The third kappa shape index (κ3) is 5.43. The molecule has 1 aromatic rings. The van der Waals surface area contributed by atoms with Gasteiger partial charge in [0.05, 0.1) is 19.5 Å². The molecule has 2 aliphatic heterocycles. The van der Waals surface area contributed by atoms with Gasteiger partial charge in [-0.2, -0.15) is 0 Å². The first-order valence-corrected chi connectivity index (χ1v) is 11.0. The molecule has 0 aliphatic carbocycles. The molecular weight excluding hydrogens is 354 g/mol. The van der Waals surface area contributed by atoms with Crippen LogP contribution in [-0.4, -0.2) is 76.3 Å². The third-order valence-corrected chi connectivity index (χ3v) is 5.54. The molecule has 1 amide bonds. The van der Waals surface area contributed by atoms with Gasteiger partial charge in [-0.25, -0.2) is 8.42 Å². The number of benzene rings is 1. The summed E-state index contributed by atoms with van der Waals surface area (Å²) in [5, 5.41) is 0. The molecule has 3 rings (SSSR count). The Hall–Kier alpha value is -1.64. The fourth-order valence-electron chi connectivity index (χ4n) is 3.58. The second-order valence-electron chi connectivity index (χ2n) is 7.10. The SMILES string of the molecule is CS(=O)(=O)Nc1cccc(C(=O)N2CCC(CN3CCOCC3)CC2)c1. The summed E-state index contributed by atoms with van der Waals surface area (Å²) < 4.78 is 30.5. The second-order valence-corrected chi connectivity index (χ2v) is 8.85. The molecule has 0 radical (unpaired) electrons. The topological polar surface area (TPSA) is 79.0 Å². The van der Waals surface area contributed by atoms with Gasteiger partial charge in [0.2, 0.25) is 10.0 Å². The number of likely N-dealkylation sites (tertiary alicyclic amines) is 1. The van der Waals surface area contributed by atoms with Crippen molar-refractivity contribution in [2.75, 3.05) is 56.9 Å². The van der Waals surface area contributed by atoms with Gasteiger partial charge in [0.25, 0.3) is 5.91 Å². The monoisotopic (exact) mass is 381 g/mol. The van der Waals surface area contributed by atoms with E-state index in [1.165, 1.54) is 0 Å². The zero-order chi connectivity index (χ0) is 18.6. The average molecular weight is 381 g/mol. The lowest BCUT2D eigenvalue weighted by Crippen LogP contribution is -2.44. The van der Waals surface area contributed by atoms with Crippen molar-refractivity contribution in [1.29, 1.82) is 0 Å². The average Bonchev–Trinajstić information content (AvgIpc) is 2.61. The zero-order valence-electron chi connectivity index (χ0n) is 15.2. The standard InChI is InChI=1S/C18H27N3O4S/c1-26(23,24)19-17-4-2-3-16(13-17)18(22)21-7-5-15(6-8-21)14-20-9-11-25-12-10-20/h2-4,13,15,19H,5-12,14H2,1H3. The number of amides is 1. The van der Waals surface area contributed by atoms with Crippen LogP contribution in [0, 0.1) is 5.92 Å². The summed E-state index contributed by atoms with van der Waals surface area (Å²) in [6.45, 7) is 6.21. The molecule has 2 fully saturated rings. The van der Waals surface area contributed by atoms with E-state index in [9.17, 15) is 13.2 Å². The van der Waals surface area contributed by atoms with Gasteiger partial charge in [0, 0.05) is 44.0 Å². The number of piperidine rings is 1. The minimum absolute atomic E-state index is 0.0352. The van der Waals surface area contributed by atoms with Crippen molar-refractivity contribution in [2.45, 2.75) is 12.8 Å². The molecule has 0 saturated carbocycles. The lowest BCUT2D eigenvalue weighted by Gasteiger charge is -2.36. The number of ether oxygens (including phenoxy) is 1. The van der Waals surface area contributed by atoms with Gasteiger partial charge in [-0.15, -0.1) is 0 Å². The largest absolute Gasteiger partial charge is 0.379 e. The Bertz CT molecular complexity index is 724. The van der Waals surface area contributed by atoms with Gasteiger partial charge >= 0.3 is 0 Å². The number of nitrogens with zero attached hydrogens (tertiary/aromatic N) is 2. The first-order valence-electron chi connectivity index (χ1n) is 9.08. The fourth-order valence-corrected chi connectivity index (χ4v) is 4.13. The number of nitrogens with one attached hydrogen (secondary N) is 1. The molecule has 1 aromatic carbocycles. The fraction of sp³-hybridized carbons (Fsp3) is 0.611. The van der Waals surface area contributed by atoms with Gasteiger partial charge in [-0.1, -0.05) is 6.07 Å². The summed E-state index contributed by atoms with van der Waals surface area (Å²) in [4.78, 5) is 17.1. The molecule has 0 spiro atoms. The van der Waals surface area contributed by atoms with Crippen molar-refractivity contribution >= 4 is 21.6 Å². The molecule has 8 heteroatoms. The first-order chi connectivity index (χ1) is 12.4. The van der Waals surface area contributed by atoms with Crippen LogP contribution in [0.5, 0.6) is 0 Å². The summed E-state index contributed by atoms with van der Waals surface area (Å²) in [7, 11) is -3.35. The number of anilines is 1. The van der Waals surface area contributed by atoms with Crippen LogP contribution in [0.4, 0.5) is 5.69 Å². The van der Waals surface area contributed by atoms with Crippen molar-refractivity contribution in [1.82, 2.24) is 9.80 Å². The molecule has 2 heterocycles. The van der Waals surface area contributed by atoms with Crippen LogP contribution in [0.15, 0.2) is 24.3 Å². The molecule has 26 heavy (non-hydrogen) atoms. The number of rotatable bonds is 5. The van der Waals surface area contributed by atoms with Crippen LogP contribution < -0.4 is 4.72 Å². The summed E-state index contributed by atoms with van der Waals surface area (Å²) in [5.41, 5.74) is 0.936. The molecule has 144 valence electrons. The van der Waals surface area contributed by atoms with E-state index in [1.807, 2.05) is 4.90 Å². The van der Waals surface area contributed by atoms with Crippen molar-refractivity contribution in [3.63, 3.8) is 0 Å². The van der Waals surface area contributed by atoms with Crippen LogP contribution in [0.1, 0.15) is 23.2 Å². The lowest BCUT2D eigenvalue weighted by molar-refractivity contribution is 0.0243. The Morgan fingerprint density at radius 3 is 2.54 bits per heavy atom. The summed E-state index contributed by atoms with van der Waals surface area (Å²) in [5.74, 6) is 0.586. The van der Waals surface area contributed by atoms with Gasteiger partial charge in [-0.05, 0) is 37.0 Å². The number of carbonyl (C=O) groups is 1. The Morgan fingerprint density at radius 1 is 1.19 bits per heavy atom. The molecule has 7 nitrogen and oxygen atoms in total. The van der Waals surface area contributed by atoms with E-state index in [2.05, 4.69) is 9.62 Å². The molecule has 2 aliphatic rings. The van der Waals surface area contributed by atoms with E-state index in [4.69, 9.17) is 4.74 Å². The molecule has 0 aromatic heterocycles. The summed E-state index contributed by atoms with van der Waals surface area (Å²) in [6.07, 6.45) is 3.11. The maximum atomic E-state index is 12.7. The van der Waals surface area contributed by atoms with Gasteiger partial charge in [-0.3, -0.25) is 14.4 Å². The molecule has 0 unspecified atom stereocenters. The van der Waals surface area contributed by atoms with Gasteiger partial charge < -0.3 is 9.64 Å². The smallest absolute Gasteiger partial charge is 0.253 e. The highest BCUT2D eigenvalue weighted by Crippen LogP contribution is 2.21. The van der Waals surface area contributed by atoms with E-state index >= 15 is 0 Å². The predicted octanol–water partition coefficient (Wildman–Crippen LogP) is 1.24. The van der Waals surface area contributed by atoms with E-state index in [0.29, 0.717) is 17.2 Å². The normalized spacial score (nSPS) is 20.1. The summed E-state index contributed by atoms with van der Waals surface area (Å²) in [6, 6.07) is 6.68. The van der Waals surface area contributed by atoms with Crippen molar-refractivity contribution in [3.8, 4) is 0 Å². The minimum Gasteiger partial charge on any atom is -0.379 e. The third-order valence-electron chi connectivity index (χ3n) is 4.93. The van der Waals surface area contributed by atoms with Crippen molar-refractivity contribution in [2.24, 2.45) is 5.92 Å². The number of hydrogen-bond acceptors (Lipinski definition) is 5. The maximum absolute atomic E-state index is 12.7. The highest BCUT2D eigenvalue weighted by atomic mass is 32.2. The molecule has 2 saturated heterocycles. The summed E-state index contributed by atoms with van der Waals surface area (Å²) >= 11 is 0. The predicted molar refractivity (Wildman–Crippen MR) is 101 cm³/mol. The van der Waals surface area contributed by atoms with Crippen LogP contribution in [-0.2, 0) is 14.8 Å². The van der Waals surface area contributed by atoms with E-state index in [-0.39, 0.29) is 5.91 Å². The Balaban J connectivity index is 1.54. The minimum atomic E-state index is -3.35. The van der Waals surface area contributed by atoms with Gasteiger partial charge in [0.15, 0.2) is 0 Å². The van der Waals surface area contributed by atoms with E-state index in [0.717, 1.165) is 65.0 Å². The number of carbonyl (C=O) groups excluding carboxylic acids is 1. The van der Waals surface area contributed by atoms with E-state index < -0.39 is 10.0 Å². The lowest BCUT2D eigenvalue weighted by atomic mass is 9.95. The number of sulfonamides is 1. The molecule has 1 N–H and O–H groups in total. The van der Waals surface area contributed by atoms with Crippen LogP contribution >= 0.6 is 0 Å². The van der Waals surface area contributed by atoms with Crippen molar-refractivity contribution in [3.05, 3.63) is 29.8 Å². The van der Waals surface area contributed by atoms with Gasteiger partial charge in [0.1, 0.15) is 0 Å². The van der Waals surface area contributed by atoms with Crippen LogP contribution in [0.2, 0.25) is 0 Å². The highest BCUT2D eigenvalue weighted by Gasteiger charge is 2.25. The Kier molecular flexibility index (Phi) is 6.16. The quantitative estimate of drug-likeness (QED) is 0.830. The second kappa shape index (κ2) is 8.37. The van der Waals surface area contributed by atoms with E-state index in [1.54, 1.807) is 24.3 Å². The number of hydrogen-bond donors (Lipinski definition) is 1. The highest BCUT2D eigenvalue weighted by molar-refractivity contribution is 7.92. The molecular formula is C18H27N3O4S. The molecule has 0 atom stereocenters. The van der Waals surface area contributed by atoms with Crippen molar-refractivity contribution < 1.29 is 17.9 Å². The Labute approximate surface area is 155 Å².